The van der Waals surface area contributed by atoms with Gasteiger partial charge in [-0.15, -0.1) is 5.10 Å². The molecule has 62 valence electrons. The maximum Gasteiger partial charge on any atom is 0.313 e. The van der Waals surface area contributed by atoms with Crippen LogP contribution >= 0.6 is 11.6 Å². The average Bonchev–Trinajstić information content (AvgIpc) is 2.58. The van der Waals surface area contributed by atoms with Crippen molar-refractivity contribution in [2.24, 2.45) is 0 Å². The summed E-state index contributed by atoms with van der Waals surface area (Å²) in [4.78, 5) is 0. The molecular weight excluding hydrogens is 180 g/mol. The predicted molar refractivity (Wildman–Crippen MR) is 41.7 cm³/mol. The first-order valence-corrected chi connectivity index (χ1v) is 3.69. The number of rotatable bonds is 1. The Kier molecular flexibility index (Phi) is 1.62. The maximum absolute atomic E-state index is 5.44. The van der Waals surface area contributed by atoms with Crippen LogP contribution in [0.1, 0.15) is 5.76 Å². The van der Waals surface area contributed by atoms with E-state index in [-0.39, 0.29) is 5.35 Å². The van der Waals surface area contributed by atoms with Crippen molar-refractivity contribution in [1.82, 2.24) is 10.2 Å². The van der Waals surface area contributed by atoms with E-state index in [9.17, 15) is 0 Å². The van der Waals surface area contributed by atoms with Crippen molar-refractivity contribution in [2.45, 2.75) is 6.92 Å². The van der Waals surface area contributed by atoms with E-state index in [4.69, 9.17) is 20.4 Å². The van der Waals surface area contributed by atoms with Gasteiger partial charge in [0.1, 0.15) is 5.76 Å². The monoisotopic (exact) mass is 184 g/mol. The van der Waals surface area contributed by atoms with Gasteiger partial charge in [0.05, 0.1) is 0 Å². The van der Waals surface area contributed by atoms with Gasteiger partial charge in [-0.05, 0) is 30.7 Å². The molecule has 0 N–H and O–H groups in total. The third-order valence-electron chi connectivity index (χ3n) is 1.35. The van der Waals surface area contributed by atoms with Crippen molar-refractivity contribution in [3.05, 3.63) is 23.2 Å². The summed E-state index contributed by atoms with van der Waals surface area (Å²) in [6, 6.07) is 3.56. The summed E-state index contributed by atoms with van der Waals surface area (Å²) >= 11 is 5.44. The SMILES string of the molecule is Cc1ccc(-c2nnc(Cl)o2)o1. The van der Waals surface area contributed by atoms with Gasteiger partial charge in [-0.2, -0.15) is 0 Å². The first kappa shape index (κ1) is 7.36. The molecule has 12 heavy (non-hydrogen) atoms. The van der Waals surface area contributed by atoms with Crippen molar-refractivity contribution < 1.29 is 8.83 Å². The number of furan rings is 1. The summed E-state index contributed by atoms with van der Waals surface area (Å²) in [7, 11) is 0. The number of halogens is 1. The van der Waals surface area contributed by atoms with E-state index in [2.05, 4.69) is 10.2 Å². The molecule has 0 aliphatic rings. The minimum Gasteiger partial charge on any atom is -0.456 e. The number of hydrogen-bond acceptors (Lipinski definition) is 4. The van der Waals surface area contributed by atoms with Gasteiger partial charge in [0.2, 0.25) is 0 Å². The third kappa shape index (κ3) is 1.21. The van der Waals surface area contributed by atoms with Crippen LogP contribution in [0.3, 0.4) is 0 Å². The van der Waals surface area contributed by atoms with Gasteiger partial charge in [-0.25, -0.2) is 0 Å². The normalized spacial score (nSPS) is 10.5. The zero-order valence-corrected chi connectivity index (χ0v) is 7.00. The summed E-state index contributed by atoms with van der Waals surface area (Å²) in [6.07, 6.45) is 0. The lowest BCUT2D eigenvalue weighted by Gasteiger charge is -1.84. The predicted octanol–water partition coefficient (Wildman–Crippen LogP) is 2.29. The quantitative estimate of drug-likeness (QED) is 0.682. The molecule has 2 heterocycles. The first-order chi connectivity index (χ1) is 5.75. The lowest BCUT2D eigenvalue weighted by atomic mass is 10.4. The van der Waals surface area contributed by atoms with Crippen LogP contribution in [0.15, 0.2) is 21.0 Å². The molecule has 0 fully saturated rings. The molecule has 0 aliphatic heterocycles. The number of nitrogens with zero attached hydrogens (tertiary/aromatic N) is 2. The molecule has 0 saturated carbocycles. The van der Waals surface area contributed by atoms with Gasteiger partial charge in [0, 0.05) is 0 Å². The Morgan fingerprint density at radius 3 is 2.58 bits per heavy atom. The molecule has 0 atom stereocenters. The zero-order valence-electron chi connectivity index (χ0n) is 6.24. The lowest BCUT2D eigenvalue weighted by molar-refractivity contribution is 0.501. The smallest absolute Gasteiger partial charge is 0.313 e. The number of aryl methyl sites for hydroxylation is 1. The Balaban J connectivity index is 2.43. The highest BCUT2D eigenvalue weighted by Gasteiger charge is 2.09. The molecule has 2 aromatic heterocycles. The summed E-state index contributed by atoms with van der Waals surface area (Å²) in [5.41, 5.74) is 0. The molecule has 4 nitrogen and oxygen atoms in total. The van der Waals surface area contributed by atoms with Crippen molar-refractivity contribution >= 4 is 11.6 Å². The van der Waals surface area contributed by atoms with Gasteiger partial charge in [-0.3, -0.25) is 0 Å². The summed E-state index contributed by atoms with van der Waals surface area (Å²) in [6.45, 7) is 1.83. The second-order valence-electron chi connectivity index (χ2n) is 2.27. The van der Waals surface area contributed by atoms with E-state index in [1.165, 1.54) is 0 Å². The third-order valence-corrected chi connectivity index (χ3v) is 1.50. The zero-order chi connectivity index (χ0) is 8.55. The number of aromatic nitrogens is 2. The fourth-order valence-electron chi connectivity index (χ4n) is 0.854. The van der Waals surface area contributed by atoms with Crippen molar-refractivity contribution in [1.29, 1.82) is 0 Å². The Bertz CT molecular complexity index is 355. The highest BCUT2D eigenvalue weighted by molar-refractivity contribution is 6.27. The molecule has 0 aromatic carbocycles. The highest BCUT2D eigenvalue weighted by Crippen LogP contribution is 2.21. The van der Waals surface area contributed by atoms with Gasteiger partial charge in [-0.1, -0.05) is 5.10 Å². The van der Waals surface area contributed by atoms with Gasteiger partial charge in [0.15, 0.2) is 5.76 Å². The largest absolute Gasteiger partial charge is 0.456 e. The molecule has 0 radical (unpaired) electrons. The molecular formula is C7H5ClN2O2. The van der Waals surface area contributed by atoms with Crippen molar-refractivity contribution in [3.8, 4) is 11.7 Å². The summed E-state index contributed by atoms with van der Waals surface area (Å²) in [5.74, 6) is 1.62. The molecule has 2 rings (SSSR count). The standard InChI is InChI=1S/C7H5ClN2O2/c1-4-2-3-5(11-4)6-9-10-7(8)12-6/h2-3H,1H3. The molecule has 0 spiro atoms. The summed E-state index contributed by atoms with van der Waals surface area (Å²) in [5, 5.41) is 7.16. The van der Waals surface area contributed by atoms with Crippen molar-refractivity contribution in [3.63, 3.8) is 0 Å². The van der Waals surface area contributed by atoms with E-state index in [1.54, 1.807) is 6.07 Å². The van der Waals surface area contributed by atoms with E-state index in [0.29, 0.717) is 11.7 Å². The van der Waals surface area contributed by atoms with Crippen LogP contribution < -0.4 is 0 Å². The van der Waals surface area contributed by atoms with Crippen LogP contribution in [-0.4, -0.2) is 10.2 Å². The van der Waals surface area contributed by atoms with Crippen LogP contribution in [0.2, 0.25) is 5.35 Å². The molecule has 0 amide bonds. The van der Waals surface area contributed by atoms with E-state index in [0.717, 1.165) is 5.76 Å². The van der Waals surface area contributed by atoms with Crippen molar-refractivity contribution in [2.75, 3.05) is 0 Å². The van der Waals surface area contributed by atoms with Crippen LogP contribution in [0.25, 0.3) is 11.7 Å². The van der Waals surface area contributed by atoms with E-state index < -0.39 is 0 Å². The van der Waals surface area contributed by atoms with Crippen LogP contribution in [0, 0.1) is 6.92 Å². The minimum absolute atomic E-state index is 0.0130. The van der Waals surface area contributed by atoms with Gasteiger partial charge in [0.25, 0.3) is 5.89 Å². The molecule has 0 aliphatic carbocycles. The van der Waals surface area contributed by atoms with Gasteiger partial charge < -0.3 is 8.83 Å². The average molecular weight is 185 g/mol. The molecule has 2 aromatic rings. The fraction of sp³-hybridized carbons (Fsp3) is 0.143. The second kappa shape index (κ2) is 2.64. The van der Waals surface area contributed by atoms with E-state index >= 15 is 0 Å². The minimum atomic E-state index is 0.0130. The molecule has 0 saturated heterocycles. The Morgan fingerprint density at radius 1 is 1.25 bits per heavy atom. The van der Waals surface area contributed by atoms with E-state index in [1.807, 2.05) is 13.0 Å². The fourth-order valence-corrected chi connectivity index (χ4v) is 0.965. The Labute approximate surface area is 73.2 Å². The topological polar surface area (TPSA) is 52.1 Å². The number of hydrogen-bond donors (Lipinski definition) is 0. The van der Waals surface area contributed by atoms with Crippen LogP contribution in [-0.2, 0) is 0 Å². The lowest BCUT2D eigenvalue weighted by Crippen LogP contribution is -1.71. The second-order valence-corrected chi connectivity index (χ2v) is 2.59. The van der Waals surface area contributed by atoms with Crippen LogP contribution in [0.5, 0.6) is 0 Å². The highest BCUT2D eigenvalue weighted by atomic mass is 35.5. The van der Waals surface area contributed by atoms with Crippen LogP contribution in [0.4, 0.5) is 0 Å². The Hall–Kier alpha value is -1.29. The molecule has 5 heteroatoms. The molecule has 0 unspecified atom stereocenters. The first-order valence-electron chi connectivity index (χ1n) is 3.31. The van der Waals surface area contributed by atoms with Gasteiger partial charge >= 0.3 is 5.35 Å². The Morgan fingerprint density at radius 2 is 2.08 bits per heavy atom. The molecule has 0 bridgehead atoms. The maximum atomic E-state index is 5.44. The summed E-state index contributed by atoms with van der Waals surface area (Å²) < 4.78 is 10.2.